The summed E-state index contributed by atoms with van der Waals surface area (Å²) in [5, 5.41) is 0. The van der Waals surface area contributed by atoms with Crippen LogP contribution in [0.2, 0.25) is 0 Å². The number of nitrogens with zero attached hydrogens (tertiary/aromatic N) is 2. The van der Waals surface area contributed by atoms with Crippen molar-refractivity contribution in [3.8, 4) is 11.5 Å². The Morgan fingerprint density at radius 1 is 0.548 bits per heavy atom. The Bertz CT molecular complexity index is 1900. The van der Waals surface area contributed by atoms with Gasteiger partial charge in [-0.2, -0.15) is 0 Å². The summed E-state index contributed by atoms with van der Waals surface area (Å²) in [6.45, 7) is 4.52. The van der Waals surface area contributed by atoms with E-state index >= 15 is 0 Å². The topological polar surface area (TPSA) is 15.7 Å². The Balaban J connectivity index is 1.46. The van der Waals surface area contributed by atoms with Gasteiger partial charge in [0.05, 0.1) is 5.69 Å². The molecule has 0 amide bonds. The molecule has 2 heterocycles. The Hall–Kier alpha value is -5.22. The van der Waals surface area contributed by atoms with Crippen LogP contribution in [0.4, 0.5) is 34.1 Å². The molecule has 0 bridgehead atoms. The molecule has 0 atom stereocenters. The molecule has 8 rings (SSSR count). The fraction of sp³-hybridized carbons (Fsp3) is 0.0526. The van der Waals surface area contributed by atoms with Crippen molar-refractivity contribution in [3.05, 3.63) is 151 Å². The largest absolute Gasteiger partial charge is 0.458 e. The van der Waals surface area contributed by atoms with E-state index in [1.54, 1.807) is 0 Å². The van der Waals surface area contributed by atoms with Gasteiger partial charge in [0.15, 0.2) is 0 Å². The maximum atomic E-state index is 6.80. The van der Waals surface area contributed by atoms with Crippen molar-refractivity contribution in [3.63, 3.8) is 0 Å². The number of hydrogen-bond acceptors (Lipinski definition) is 3. The summed E-state index contributed by atoms with van der Waals surface area (Å²) in [6.07, 6.45) is 0. The number of ether oxygens (including phenoxy) is 1. The third-order valence-corrected chi connectivity index (χ3v) is 8.42. The molecule has 6 aromatic rings. The highest BCUT2D eigenvalue weighted by atomic mass is 16.5. The number of hydrogen-bond donors (Lipinski definition) is 0. The second-order valence-corrected chi connectivity index (χ2v) is 11.1. The van der Waals surface area contributed by atoms with Gasteiger partial charge >= 0.3 is 0 Å². The van der Waals surface area contributed by atoms with Crippen molar-refractivity contribution in [2.75, 3.05) is 9.80 Å². The van der Waals surface area contributed by atoms with Crippen molar-refractivity contribution in [1.29, 1.82) is 0 Å². The average molecular weight is 540 g/mol. The summed E-state index contributed by atoms with van der Waals surface area (Å²) < 4.78 is 6.80. The van der Waals surface area contributed by atoms with Crippen molar-refractivity contribution < 1.29 is 4.74 Å². The third kappa shape index (κ3) is 3.83. The van der Waals surface area contributed by atoms with Crippen molar-refractivity contribution in [1.82, 2.24) is 0 Å². The van der Waals surface area contributed by atoms with E-state index in [0.717, 1.165) is 39.9 Å². The lowest BCUT2D eigenvalue weighted by Gasteiger charge is -2.41. The second-order valence-electron chi connectivity index (χ2n) is 11.1. The first-order valence-electron chi connectivity index (χ1n) is 14.5. The molecule has 2 aliphatic heterocycles. The van der Waals surface area contributed by atoms with Gasteiger partial charge in [-0.1, -0.05) is 84.4 Å². The minimum atomic E-state index is 0.0754. The number of para-hydroxylation sites is 4. The molecule has 0 saturated carbocycles. The van der Waals surface area contributed by atoms with Gasteiger partial charge in [-0.3, -0.25) is 0 Å². The van der Waals surface area contributed by atoms with E-state index in [1.807, 2.05) is 0 Å². The molecule has 42 heavy (non-hydrogen) atoms. The molecule has 4 heteroatoms. The Morgan fingerprint density at radius 3 is 1.83 bits per heavy atom. The van der Waals surface area contributed by atoms with E-state index in [9.17, 15) is 0 Å². The van der Waals surface area contributed by atoms with Gasteiger partial charge < -0.3 is 14.5 Å². The monoisotopic (exact) mass is 540 g/mol. The quantitative estimate of drug-likeness (QED) is 0.210. The molecule has 0 saturated heterocycles. The standard InChI is InChI=1S/C38H29BN2O/c1-26-22-27(2)37-33(23-26)41(30-18-10-5-11-19-30)34-24-31(25-36-38(34)39(37)32-20-12-13-21-35(32)42-36)40(28-14-6-3-7-15-28)29-16-8-4-9-17-29/h3-25H,1-2H3. The van der Waals surface area contributed by atoms with Gasteiger partial charge in [0.1, 0.15) is 11.5 Å². The lowest BCUT2D eigenvalue weighted by molar-refractivity contribution is 0.487. The molecule has 0 radical (unpaired) electrons. The second kappa shape index (κ2) is 9.71. The fourth-order valence-electron chi connectivity index (χ4n) is 6.78. The number of benzene rings is 6. The maximum Gasteiger partial charge on any atom is 0.256 e. The molecule has 3 nitrogen and oxygen atoms in total. The van der Waals surface area contributed by atoms with Crippen molar-refractivity contribution in [2.24, 2.45) is 0 Å². The van der Waals surface area contributed by atoms with E-state index in [1.165, 1.54) is 33.2 Å². The van der Waals surface area contributed by atoms with Crippen LogP contribution in [0, 0.1) is 13.8 Å². The van der Waals surface area contributed by atoms with Crippen LogP contribution in [-0.2, 0) is 0 Å². The van der Waals surface area contributed by atoms with Crippen LogP contribution in [0.25, 0.3) is 0 Å². The lowest BCUT2D eigenvalue weighted by atomic mass is 9.33. The predicted molar refractivity (Wildman–Crippen MR) is 176 cm³/mol. The molecule has 0 aliphatic carbocycles. The Morgan fingerprint density at radius 2 is 1.14 bits per heavy atom. The first-order chi connectivity index (χ1) is 20.7. The van der Waals surface area contributed by atoms with Gasteiger partial charge in [-0.05, 0) is 90.4 Å². The van der Waals surface area contributed by atoms with Crippen LogP contribution in [0.5, 0.6) is 11.5 Å². The summed E-state index contributed by atoms with van der Waals surface area (Å²) in [5.41, 5.74) is 13.0. The van der Waals surface area contributed by atoms with Crippen LogP contribution < -0.4 is 30.9 Å². The minimum Gasteiger partial charge on any atom is -0.458 e. The van der Waals surface area contributed by atoms with E-state index in [-0.39, 0.29) is 6.71 Å². The van der Waals surface area contributed by atoms with Crippen molar-refractivity contribution >= 4 is 57.2 Å². The van der Waals surface area contributed by atoms with Crippen LogP contribution in [0.1, 0.15) is 11.1 Å². The highest BCUT2D eigenvalue weighted by Crippen LogP contribution is 2.45. The van der Waals surface area contributed by atoms with Gasteiger partial charge in [-0.25, -0.2) is 0 Å². The van der Waals surface area contributed by atoms with Crippen LogP contribution in [0.3, 0.4) is 0 Å². The van der Waals surface area contributed by atoms with Crippen LogP contribution >= 0.6 is 0 Å². The zero-order chi connectivity index (χ0) is 28.2. The normalized spacial score (nSPS) is 12.6. The van der Waals surface area contributed by atoms with E-state index in [0.29, 0.717) is 0 Å². The van der Waals surface area contributed by atoms with Crippen molar-refractivity contribution in [2.45, 2.75) is 13.8 Å². The molecule has 0 aromatic heterocycles. The molecular weight excluding hydrogens is 511 g/mol. The van der Waals surface area contributed by atoms with Gasteiger partial charge in [-0.15, -0.1) is 0 Å². The smallest absolute Gasteiger partial charge is 0.256 e. The van der Waals surface area contributed by atoms with Crippen LogP contribution in [0.15, 0.2) is 140 Å². The molecule has 200 valence electrons. The number of aryl methyl sites for hydroxylation is 2. The van der Waals surface area contributed by atoms with E-state index in [2.05, 4.69) is 163 Å². The molecule has 0 spiro atoms. The predicted octanol–water partition coefficient (Wildman–Crippen LogP) is 8.18. The molecular formula is C38H29BN2O. The van der Waals surface area contributed by atoms with Gasteiger partial charge in [0.2, 0.25) is 0 Å². The molecule has 6 aromatic carbocycles. The van der Waals surface area contributed by atoms with E-state index in [4.69, 9.17) is 4.74 Å². The highest BCUT2D eigenvalue weighted by molar-refractivity contribution is 6.99. The average Bonchev–Trinajstić information content (AvgIpc) is 3.02. The summed E-state index contributed by atoms with van der Waals surface area (Å²) in [7, 11) is 0. The Labute approximate surface area is 247 Å². The maximum absolute atomic E-state index is 6.80. The summed E-state index contributed by atoms with van der Waals surface area (Å²) >= 11 is 0. The first kappa shape index (κ1) is 24.6. The Kier molecular flexibility index (Phi) is 5.68. The van der Waals surface area contributed by atoms with E-state index < -0.39 is 0 Å². The zero-order valence-electron chi connectivity index (χ0n) is 23.7. The lowest BCUT2D eigenvalue weighted by Crippen LogP contribution is -2.60. The summed E-state index contributed by atoms with van der Waals surface area (Å²) in [6, 6.07) is 49.6. The van der Waals surface area contributed by atoms with Crippen LogP contribution in [-0.4, -0.2) is 6.71 Å². The third-order valence-electron chi connectivity index (χ3n) is 8.42. The first-order valence-corrected chi connectivity index (χ1v) is 14.5. The minimum absolute atomic E-state index is 0.0754. The summed E-state index contributed by atoms with van der Waals surface area (Å²) in [4.78, 5) is 4.75. The number of fused-ring (bicyclic) bond motifs is 4. The van der Waals surface area contributed by atoms with Gasteiger partial charge in [0, 0.05) is 34.5 Å². The number of anilines is 6. The fourth-order valence-corrected chi connectivity index (χ4v) is 6.78. The molecule has 0 unspecified atom stereocenters. The molecule has 0 N–H and O–H groups in total. The van der Waals surface area contributed by atoms with Gasteiger partial charge in [0.25, 0.3) is 6.71 Å². The number of rotatable bonds is 4. The molecule has 2 aliphatic rings. The molecule has 0 fully saturated rings. The highest BCUT2D eigenvalue weighted by Gasteiger charge is 2.43. The zero-order valence-corrected chi connectivity index (χ0v) is 23.7. The SMILES string of the molecule is Cc1cc(C)c2c(c1)N(c1ccccc1)c1cc(N(c3ccccc3)c3ccccc3)cc3c1B2c1ccccc1O3. The summed E-state index contributed by atoms with van der Waals surface area (Å²) in [5.74, 6) is 1.82.